The highest BCUT2D eigenvalue weighted by Crippen LogP contribution is 2.30. The summed E-state index contributed by atoms with van der Waals surface area (Å²) in [6.07, 6.45) is 0. The summed E-state index contributed by atoms with van der Waals surface area (Å²) < 4.78 is 21.3. The van der Waals surface area contributed by atoms with E-state index in [0.29, 0.717) is 30.5 Å². The van der Waals surface area contributed by atoms with Crippen LogP contribution in [0.3, 0.4) is 0 Å². The Morgan fingerprint density at radius 1 is 1.27 bits per heavy atom. The first-order chi connectivity index (χ1) is 12.5. The van der Waals surface area contributed by atoms with Crippen molar-refractivity contribution in [3.63, 3.8) is 0 Å². The molecule has 0 aliphatic carbocycles. The van der Waals surface area contributed by atoms with Crippen molar-refractivity contribution < 1.29 is 13.6 Å². The summed E-state index contributed by atoms with van der Waals surface area (Å²) in [6.45, 7) is 4.73. The van der Waals surface area contributed by atoms with Crippen LogP contribution >= 0.6 is 11.6 Å². The van der Waals surface area contributed by atoms with Gasteiger partial charge in [0.2, 0.25) is 0 Å². The number of furan rings is 1. The number of nitrogens with zero attached hydrogens (tertiary/aromatic N) is 4. The van der Waals surface area contributed by atoms with Crippen molar-refractivity contribution in [2.75, 3.05) is 6.54 Å². The first kappa shape index (κ1) is 16.8. The molecular formula is C18H16ClFN4O2. The number of fused-ring (bicyclic) bond motifs is 1. The maximum atomic E-state index is 13.7. The molecule has 0 spiro atoms. The van der Waals surface area contributed by atoms with Crippen molar-refractivity contribution >= 4 is 17.5 Å². The lowest BCUT2D eigenvalue weighted by Gasteiger charge is -2.33. The molecule has 0 saturated carbocycles. The highest BCUT2D eigenvalue weighted by molar-refractivity contribution is 6.30. The van der Waals surface area contributed by atoms with Crippen molar-refractivity contribution in [2.45, 2.75) is 26.4 Å². The first-order valence-electron chi connectivity index (χ1n) is 8.21. The molecule has 0 saturated heterocycles. The molecule has 1 unspecified atom stereocenters. The molecule has 0 bridgehead atoms. The molecule has 26 heavy (non-hydrogen) atoms. The van der Waals surface area contributed by atoms with Gasteiger partial charge in [-0.05, 0) is 44.2 Å². The van der Waals surface area contributed by atoms with Gasteiger partial charge in [-0.3, -0.25) is 4.79 Å². The van der Waals surface area contributed by atoms with Gasteiger partial charge in [-0.15, -0.1) is 10.2 Å². The van der Waals surface area contributed by atoms with E-state index in [9.17, 15) is 9.18 Å². The van der Waals surface area contributed by atoms with E-state index in [2.05, 4.69) is 10.2 Å². The van der Waals surface area contributed by atoms with Gasteiger partial charge in [-0.2, -0.15) is 0 Å². The Labute approximate surface area is 154 Å². The SMILES string of the molecule is Cc1ccc(-c2nnc3n2CCN(C(=O)c2ccc(Cl)c(F)c2)C3C)o1. The smallest absolute Gasteiger partial charge is 0.254 e. The Morgan fingerprint density at radius 2 is 2.08 bits per heavy atom. The number of hydrogen-bond acceptors (Lipinski definition) is 4. The van der Waals surface area contributed by atoms with E-state index in [-0.39, 0.29) is 22.5 Å². The summed E-state index contributed by atoms with van der Waals surface area (Å²) >= 11 is 5.70. The van der Waals surface area contributed by atoms with Crippen LogP contribution in [0.25, 0.3) is 11.6 Å². The Balaban J connectivity index is 1.64. The van der Waals surface area contributed by atoms with Gasteiger partial charge in [0.15, 0.2) is 17.4 Å². The van der Waals surface area contributed by atoms with E-state index in [1.165, 1.54) is 12.1 Å². The molecule has 3 heterocycles. The van der Waals surface area contributed by atoms with Crippen LogP contribution in [0.5, 0.6) is 0 Å². The number of rotatable bonds is 2. The van der Waals surface area contributed by atoms with E-state index in [4.69, 9.17) is 16.0 Å². The highest BCUT2D eigenvalue weighted by atomic mass is 35.5. The first-order valence-corrected chi connectivity index (χ1v) is 8.59. The number of benzene rings is 1. The van der Waals surface area contributed by atoms with Crippen LogP contribution < -0.4 is 0 Å². The normalized spacial score (nSPS) is 16.6. The molecule has 1 amide bonds. The van der Waals surface area contributed by atoms with Crippen LogP contribution in [0.4, 0.5) is 4.39 Å². The zero-order valence-corrected chi connectivity index (χ0v) is 15.0. The molecule has 2 aromatic heterocycles. The van der Waals surface area contributed by atoms with E-state index < -0.39 is 5.82 Å². The minimum absolute atomic E-state index is 0.00799. The second kappa shape index (κ2) is 6.25. The molecule has 8 heteroatoms. The predicted octanol–water partition coefficient (Wildman–Crippen LogP) is 3.86. The van der Waals surface area contributed by atoms with Gasteiger partial charge in [0.05, 0.1) is 11.1 Å². The molecule has 1 atom stereocenters. The zero-order valence-electron chi connectivity index (χ0n) is 14.2. The molecule has 4 rings (SSSR count). The van der Waals surface area contributed by atoms with Gasteiger partial charge in [0.1, 0.15) is 11.6 Å². The summed E-state index contributed by atoms with van der Waals surface area (Å²) in [5, 5.41) is 8.47. The molecule has 6 nitrogen and oxygen atoms in total. The van der Waals surface area contributed by atoms with Gasteiger partial charge in [-0.1, -0.05) is 11.6 Å². The fourth-order valence-electron chi connectivity index (χ4n) is 3.19. The van der Waals surface area contributed by atoms with Crippen LogP contribution in [-0.4, -0.2) is 32.1 Å². The number of aryl methyl sites for hydroxylation is 1. The topological polar surface area (TPSA) is 64.2 Å². The fourth-order valence-corrected chi connectivity index (χ4v) is 3.31. The van der Waals surface area contributed by atoms with E-state index in [1.54, 1.807) is 4.90 Å². The lowest BCUT2D eigenvalue weighted by Crippen LogP contribution is -2.41. The Morgan fingerprint density at radius 3 is 2.77 bits per heavy atom. The number of aromatic nitrogens is 3. The van der Waals surface area contributed by atoms with Crippen molar-refractivity contribution in [1.82, 2.24) is 19.7 Å². The van der Waals surface area contributed by atoms with Crippen molar-refractivity contribution in [1.29, 1.82) is 0 Å². The molecule has 0 N–H and O–H groups in total. The third-order valence-corrected chi connectivity index (χ3v) is 4.88. The van der Waals surface area contributed by atoms with Crippen LogP contribution in [0.2, 0.25) is 5.02 Å². The fraction of sp³-hybridized carbons (Fsp3) is 0.278. The number of halogens is 2. The molecule has 134 valence electrons. The summed E-state index contributed by atoms with van der Waals surface area (Å²) in [4.78, 5) is 14.5. The standard InChI is InChI=1S/C18H16ClFN4O2/c1-10-3-6-15(26-10)17-22-21-16-11(2)23(7-8-24(16)17)18(25)12-4-5-13(19)14(20)9-12/h3-6,9,11H,7-8H2,1-2H3. The van der Waals surface area contributed by atoms with Crippen LogP contribution in [-0.2, 0) is 6.54 Å². The van der Waals surface area contributed by atoms with Gasteiger partial charge in [0.25, 0.3) is 5.91 Å². The lowest BCUT2D eigenvalue weighted by molar-refractivity contribution is 0.0638. The quantitative estimate of drug-likeness (QED) is 0.683. The van der Waals surface area contributed by atoms with Crippen LogP contribution in [0.15, 0.2) is 34.7 Å². The third-order valence-electron chi connectivity index (χ3n) is 4.57. The van der Waals surface area contributed by atoms with Gasteiger partial charge in [-0.25, -0.2) is 4.39 Å². The molecular weight excluding hydrogens is 359 g/mol. The third kappa shape index (κ3) is 2.68. The van der Waals surface area contributed by atoms with Crippen LogP contribution in [0, 0.1) is 12.7 Å². The Kier molecular flexibility index (Phi) is 4.03. The minimum atomic E-state index is -0.610. The molecule has 1 aromatic carbocycles. The van der Waals surface area contributed by atoms with E-state index in [1.807, 2.05) is 30.5 Å². The molecule has 1 aliphatic heterocycles. The number of hydrogen-bond donors (Lipinski definition) is 0. The molecule has 3 aromatic rings. The van der Waals surface area contributed by atoms with E-state index >= 15 is 0 Å². The average Bonchev–Trinajstić information content (AvgIpc) is 3.23. The highest BCUT2D eigenvalue weighted by Gasteiger charge is 2.32. The summed E-state index contributed by atoms with van der Waals surface area (Å²) in [7, 11) is 0. The lowest BCUT2D eigenvalue weighted by atomic mass is 10.1. The Hall–Kier alpha value is -2.67. The maximum Gasteiger partial charge on any atom is 0.254 e. The second-order valence-electron chi connectivity index (χ2n) is 6.25. The summed E-state index contributed by atoms with van der Waals surface area (Å²) in [5.74, 6) is 1.88. The van der Waals surface area contributed by atoms with Crippen molar-refractivity contribution in [2.24, 2.45) is 0 Å². The molecule has 0 fully saturated rings. The van der Waals surface area contributed by atoms with Gasteiger partial charge < -0.3 is 13.9 Å². The maximum absolute atomic E-state index is 13.7. The second-order valence-corrected chi connectivity index (χ2v) is 6.65. The monoisotopic (exact) mass is 374 g/mol. The number of carbonyl (C=O) groups is 1. The van der Waals surface area contributed by atoms with Crippen LogP contribution in [0.1, 0.15) is 34.9 Å². The number of carbonyl (C=O) groups excluding carboxylic acids is 1. The summed E-state index contributed by atoms with van der Waals surface area (Å²) in [5.41, 5.74) is 0.258. The average molecular weight is 375 g/mol. The molecule has 0 radical (unpaired) electrons. The van der Waals surface area contributed by atoms with E-state index in [0.717, 1.165) is 11.8 Å². The Bertz CT molecular complexity index is 997. The van der Waals surface area contributed by atoms with Crippen molar-refractivity contribution in [3.8, 4) is 11.6 Å². The number of amides is 1. The van der Waals surface area contributed by atoms with Gasteiger partial charge in [0, 0.05) is 18.7 Å². The minimum Gasteiger partial charge on any atom is -0.458 e. The van der Waals surface area contributed by atoms with Gasteiger partial charge >= 0.3 is 0 Å². The van der Waals surface area contributed by atoms with Crippen molar-refractivity contribution in [3.05, 3.63) is 58.3 Å². The largest absolute Gasteiger partial charge is 0.458 e. The molecule has 1 aliphatic rings. The zero-order chi connectivity index (χ0) is 18.4. The predicted molar refractivity (Wildman–Crippen MR) is 93.3 cm³/mol. The summed E-state index contributed by atoms with van der Waals surface area (Å²) in [6, 6.07) is 7.50.